The molecule has 3 aromatic rings. The minimum absolute atomic E-state index is 0.0476. The van der Waals surface area contributed by atoms with Gasteiger partial charge in [-0.05, 0) is 25.1 Å². The van der Waals surface area contributed by atoms with Crippen molar-refractivity contribution in [1.82, 2.24) is 24.2 Å². The first kappa shape index (κ1) is 16.5. The summed E-state index contributed by atoms with van der Waals surface area (Å²) in [6.07, 6.45) is 0.780. The average molecular weight is 353 g/mol. The second-order valence-electron chi connectivity index (χ2n) is 6.47. The maximum absolute atomic E-state index is 12.7. The van der Waals surface area contributed by atoms with Gasteiger partial charge >= 0.3 is 0 Å². The molecule has 0 saturated carbocycles. The van der Waals surface area contributed by atoms with Crippen LogP contribution >= 0.6 is 0 Å². The summed E-state index contributed by atoms with van der Waals surface area (Å²) in [5.41, 5.74) is 1.88. The molecule has 0 radical (unpaired) electrons. The van der Waals surface area contributed by atoms with Crippen LogP contribution < -0.4 is 5.56 Å². The van der Waals surface area contributed by atoms with Gasteiger partial charge in [0.1, 0.15) is 6.54 Å². The first-order valence-electron chi connectivity index (χ1n) is 8.49. The van der Waals surface area contributed by atoms with E-state index >= 15 is 0 Å². The molecule has 1 aliphatic heterocycles. The number of aliphatic hydroxyl groups excluding tert-OH is 1. The van der Waals surface area contributed by atoms with E-state index in [2.05, 4.69) is 10.1 Å². The van der Waals surface area contributed by atoms with Crippen LogP contribution in [0.1, 0.15) is 24.4 Å². The normalized spacial score (nSPS) is 15.1. The summed E-state index contributed by atoms with van der Waals surface area (Å²) in [4.78, 5) is 31.1. The van der Waals surface area contributed by atoms with E-state index in [-0.39, 0.29) is 18.0 Å². The SMILES string of the molecule is CC(O)c1cc2n(n1)CCN(C(=O)Cn1cnc3ccccc3c1=O)C2. The first-order valence-corrected chi connectivity index (χ1v) is 8.49. The van der Waals surface area contributed by atoms with Crippen LogP contribution in [0.25, 0.3) is 10.9 Å². The van der Waals surface area contributed by atoms with Crippen molar-refractivity contribution in [3.05, 3.63) is 58.4 Å². The number of hydrogen-bond acceptors (Lipinski definition) is 5. The Morgan fingerprint density at radius 2 is 2.12 bits per heavy atom. The number of aliphatic hydroxyl groups is 1. The van der Waals surface area contributed by atoms with Crippen molar-refractivity contribution >= 4 is 16.8 Å². The topological polar surface area (TPSA) is 93.2 Å². The van der Waals surface area contributed by atoms with Gasteiger partial charge in [0, 0.05) is 6.54 Å². The maximum atomic E-state index is 12.7. The number of nitrogens with zero attached hydrogens (tertiary/aromatic N) is 5. The lowest BCUT2D eigenvalue weighted by molar-refractivity contribution is -0.133. The summed E-state index contributed by atoms with van der Waals surface area (Å²) in [6.45, 7) is 3.11. The standard InChI is InChI=1S/C18H19N5O3/c1-12(24)16-8-13-9-21(6-7-23(13)20-16)17(25)10-22-11-19-15-5-3-2-4-14(15)18(22)26/h2-5,8,11-12,24H,6-7,9-10H2,1H3. The van der Waals surface area contributed by atoms with Gasteiger partial charge in [0.15, 0.2) is 0 Å². The van der Waals surface area contributed by atoms with E-state index in [1.807, 2.05) is 16.8 Å². The van der Waals surface area contributed by atoms with Gasteiger partial charge in [-0.15, -0.1) is 0 Å². The van der Waals surface area contributed by atoms with E-state index < -0.39 is 6.10 Å². The predicted octanol–water partition coefficient (Wildman–Crippen LogP) is 0.689. The zero-order valence-corrected chi connectivity index (χ0v) is 14.4. The van der Waals surface area contributed by atoms with Gasteiger partial charge in [0.25, 0.3) is 5.56 Å². The van der Waals surface area contributed by atoms with Crippen LogP contribution in [-0.4, -0.2) is 41.8 Å². The molecule has 0 saturated heterocycles. The molecule has 0 aliphatic carbocycles. The second-order valence-corrected chi connectivity index (χ2v) is 6.47. The number of carbonyl (C=O) groups excluding carboxylic acids is 1. The first-order chi connectivity index (χ1) is 12.5. The van der Waals surface area contributed by atoms with Crippen molar-refractivity contribution in [3.8, 4) is 0 Å². The number of amides is 1. The third kappa shape index (κ3) is 2.88. The van der Waals surface area contributed by atoms with Crippen molar-refractivity contribution < 1.29 is 9.90 Å². The van der Waals surface area contributed by atoms with E-state index in [0.717, 1.165) is 5.69 Å². The fourth-order valence-electron chi connectivity index (χ4n) is 3.17. The molecule has 0 bridgehead atoms. The Morgan fingerprint density at radius 3 is 2.92 bits per heavy atom. The zero-order chi connectivity index (χ0) is 18.3. The molecule has 134 valence electrons. The number of aromatic nitrogens is 4. The molecule has 1 N–H and O–H groups in total. The minimum atomic E-state index is -0.639. The zero-order valence-electron chi connectivity index (χ0n) is 14.4. The Labute approximate surface area is 149 Å². The Balaban J connectivity index is 1.54. The predicted molar refractivity (Wildman–Crippen MR) is 94.3 cm³/mol. The van der Waals surface area contributed by atoms with Gasteiger partial charge in [-0.3, -0.25) is 18.8 Å². The molecule has 0 spiro atoms. The van der Waals surface area contributed by atoms with Crippen LogP contribution in [0.2, 0.25) is 0 Å². The van der Waals surface area contributed by atoms with E-state index in [9.17, 15) is 14.7 Å². The third-order valence-corrected chi connectivity index (χ3v) is 4.63. The van der Waals surface area contributed by atoms with Crippen molar-refractivity contribution in [1.29, 1.82) is 0 Å². The Morgan fingerprint density at radius 1 is 1.31 bits per heavy atom. The van der Waals surface area contributed by atoms with Crippen LogP contribution in [-0.2, 0) is 24.4 Å². The molecule has 4 rings (SSSR count). The molecule has 1 aromatic carbocycles. The molecule has 1 aliphatic rings. The summed E-state index contributed by atoms with van der Waals surface area (Å²) in [7, 11) is 0. The Bertz CT molecular complexity index is 1040. The number of benzene rings is 1. The lowest BCUT2D eigenvalue weighted by atomic mass is 10.2. The van der Waals surface area contributed by atoms with E-state index in [1.165, 1.54) is 10.9 Å². The fourth-order valence-corrected chi connectivity index (χ4v) is 3.17. The van der Waals surface area contributed by atoms with Crippen LogP contribution in [0.4, 0.5) is 0 Å². The molecule has 0 fully saturated rings. The fraction of sp³-hybridized carbons (Fsp3) is 0.333. The molecule has 1 amide bonds. The largest absolute Gasteiger partial charge is 0.387 e. The van der Waals surface area contributed by atoms with Crippen molar-refractivity contribution in [2.24, 2.45) is 0 Å². The summed E-state index contributed by atoms with van der Waals surface area (Å²) in [6, 6.07) is 8.90. The Kier molecular flexibility index (Phi) is 4.04. The quantitative estimate of drug-likeness (QED) is 0.748. The van der Waals surface area contributed by atoms with Crippen molar-refractivity contribution in [3.63, 3.8) is 0 Å². The molecule has 1 unspecified atom stereocenters. The highest BCUT2D eigenvalue weighted by Gasteiger charge is 2.23. The van der Waals surface area contributed by atoms with Gasteiger partial charge in [0.05, 0.1) is 47.8 Å². The lowest BCUT2D eigenvalue weighted by Crippen LogP contribution is -2.41. The van der Waals surface area contributed by atoms with Crippen LogP contribution in [0.5, 0.6) is 0 Å². The monoisotopic (exact) mass is 353 g/mol. The number of rotatable bonds is 3. The summed E-state index contributed by atoms with van der Waals surface area (Å²) >= 11 is 0. The van der Waals surface area contributed by atoms with E-state index in [1.54, 1.807) is 30.0 Å². The van der Waals surface area contributed by atoms with Gasteiger partial charge < -0.3 is 10.0 Å². The summed E-state index contributed by atoms with van der Waals surface area (Å²) in [5, 5.41) is 14.5. The van der Waals surface area contributed by atoms with Gasteiger partial charge in [-0.2, -0.15) is 5.10 Å². The molecule has 8 nitrogen and oxygen atoms in total. The number of para-hydroxylation sites is 1. The second kappa shape index (κ2) is 6.38. The molecule has 26 heavy (non-hydrogen) atoms. The van der Waals surface area contributed by atoms with Crippen LogP contribution in [0.3, 0.4) is 0 Å². The smallest absolute Gasteiger partial charge is 0.261 e. The van der Waals surface area contributed by atoms with Gasteiger partial charge in [-0.25, -0.2) is 4.98 Å². The van der Waals surface area contributed by atoms with Crippen LogP contribution in [0, 0.1) is 0 Å². The highest BCUT2D eigenvalue weighted by Crippen LogP contribution is 2.18. The molecule has 2 aromatic heterocycles. The third-order valence-electron chi connectivity index (χ3n) is 4.63. The van der Waals surface area contributed by atoms with Gasteiger partial charge in [0.2, 0.25) is 5.91 Å². The molecule has 8 heteroatoms. The number of fused-ring (bicyclic) bond motifs is 2. The Hall–Kier alpha value is -3.00. The van der Waals surface area contributed by atoms with Gasteiger partial charge in [-0.1, -0.05) is 12.1 Å². The molecular weight excluding hydrogens is 334 g/mol. The number of hydrogen-bond donors (Lipinski definition) is 1. The lowest BCUT2D eigenvalue weighted by Gasteiger charge is -2.27. The highest BCUT2D eigenvalue weighted by atomic mass is 16.3. The summed E-state index contributed by atoms with van der Waals surface area (Å²) < 4.78 is 3.16. The molecule has 1 atom stereocenters. The summed E-state index contributed by atoms with van der Waals surface area (Å²) in [5.74, 6) is -0.143. The van der Waals surface area contributed by atoms with Crippen molar-refractivity contribution in [2.45, 2.75) is 32.7 Å². The minimum Gasteiger partial charge on any atom is -0.387 e. The van der Waals surface area contributed by atoms with Crippen molar-refractivity contribution in [2.75, 3.05) is 6.54 Å². The maximum Gasteiger partial charge on any atom is 0.261 e. The average Bonchev–Trinajstić information content (AvgIpc) is 3.08. The molecule has 3 heterocycles. The highest BCUT2D eigenvalue weighted by molar-refractivity contribution is 5.79. The number of carbonyl (C=O) groups is 1. The van der Waals surface area contributed by atoms with Crippen LogP contribution in [0.15, 0.2) is 41.5 Å². The van der Waals surface area contributed by atoms with E-state index in [0.29, 0.717) is 36.2 Å². The molecular formula is C18H19N5O3. The van der Waals surface area contributed by atoms with E-state index in [4.69, 9.17) is 0 Å².